The molecule has 9 heteroatoms. The summed E-state index contributed by atoms with van der Waals surface area (Å²) in [7, 11) is 2.59. The molecule has 2 N–H and O–H groups in total. The number of phenols is 1. The fraction of sp³-hybridized carbons (Fsp3) is 0.364. The van der Waals surface area contributed by atoms with E-state index < -0.39 is 11.6 Å². The summed E-state index contributed by atoms with van der Waals surface area (Å²) in [6, 6.07) is 4.73. The first-order valence-corrected chi connectivity index (χ1v) is 10.5. The molecule has 8 nitrogen and oxygen atoms in total. The van der Waals surface area contributed by atoms with Gasteiger partial charge in [-0.2, -0.15) is 5.10 Å². The van der Waals surface area contributed by atoms with E-state index in [9.17, 15) is 14.7 Å². The summed E-state index contributed by atoms with van der Waals surface area (Å²) >= 11 is 0. The second kappa shape index (κ2) is 8.27. The van der Waals surface area contributed by atoms with Crippen molar-refractivity contribution in [3.8, 4) is 5.75 Å². The summed E-state index contributed by atoms with van der Waals surface area (Å²) in [5, 5.41) is 22.9. The molecule has 0 bridgehead atoms. The molecule has 2 aromatic rings. The van der Waals surface area contributed by atoms with E-state index in [1.165, 1.54) is 11.1 Å². The second-order valence-corrected chi connectivity index (χ2v) is 9.24. The summed E-state index contributed by atoms with van der Waals surface area (Å²) < 4.78 is 1.62. The third-order valence-corrected chi connectivity index (χ3v) is 5.90. The molecule has 1 atom stereocenters. The third-order valence-electron chi connectivity index (χ3n) is 5.55. The number of hydrogen-bond acceptors (Lipinski definition) is 5. The number of allylic oxidation sites excluding steroid dienone is 2. The highest BCUT2D eigenvalue weighted by molar-refractivity contribution is 7.22. The van der Waals surface area contributed by atoms with Gasteiger partial charge in [-0.1, -0.05) is 12.1 Å². The van der Waals surface area contributed by atoms with E-state index in [4.69, 9.17) is 5.41 Å². The van der Waals surface area contributed by atoms with Crippen LogP contribution in [0.2, 0.25) is 0 Å². The zero-order valence-electron chi connectivity index (χ0n) is 18.4. The quantitative estimate of drug-likeness (QED) is 0.404. The summed E-state index contributed by atoms with van der Waals surface area (Å²) in [6.45, 7) is 9.48. The molecular formula is C22H28N5O3P. The number of anilines is 1. The largest absolute Gasteiger partial charge is 0.508 e. The van der Waals surface area contributed by atoms with Crippen LogP contribution in [0.3, 0.4) is 0 Å². The van der Waals surface area contributed by atoms with Gasteiger partial charge >= 0.3 is 6.03 Å². The van der Waals surface area contributed by atoms with E-state index in [0.29, 0.717) is 23.5 Å². The van der Waals surface area contributed by atoms with E-state index in [1.54, 1.807) is 50.7 Å². The Bertz CT molecular complexity index is 1100. The lowest BCUT2D eigenvalue weighted by molar-refractivity contribution is -0.123. The van der Waals surface area contributed by atoms with E-state index in [1.807, 2.05) is 13.0 Å². The van der Waals surface area contributed by atoms with Crippen LogP contribution < -0.4 is 4.90 Å². The van der Waals surface area contributed by atoms with Crippen molar-refractivity contribution >= 4 is 32.6 Å². The lowest BCUT2D eigenvalue weighted by Crippen LogP contribution is -2.43. The minimum atomic E-state index is -1.03. The highest BCUT2D eigenvalue weighted by atomic mass is 31.0. The number of hydrogen-bond donors (Lipinski definition) is 2. The van der Waals surface area contributed by atoms with Crippen LogP contribution in [-0.4, -0.2) is 43.0 Å². The van der Waals surface area contributed by atoms with Gasteiger partial charge in [0, 0.05) is 18.5 Å². The monoisotopic (exact) mass is 441 g/mol. The fourth-order valence-corrected chi connectivity index (χ4v) is 3.89. The molecule has 1 aromatic carbocycles. The van der Waals surface area contributed by atoms with E-state index >= 15 is 0 Å². The molecule has 1 aliphatic heterocycles. The number of rotatable bonds is 6. The summed E-state index contributed by atoms with van der Waals surface area (Å²) in [6.07, 6.45) is 3.14. The van der Waals surface area contributed by atoms with Crippen molar-refractivity contribution in [2.45, 2.75) is 53.2 Å². The number of carbonyl (C=O) groups is 2. The Hall–Kier alpha value is -2.99. The maximum atomic E-state index is 13.2. The van der Waals surface area contributed by atoms with Gasteiger partial charge in [0.1, 0.15) is 11.3 Å². The normalized spacial score (nSPS) is 16.7. The van der Waals surface area contributed by atoms with Crippen molar-refractivity contribution < 1.29 is 14.7 Å². The molecule has 3 rings (SSSR count). The number of benzene rings is 1. The minimum absolute atomic E-state index is 0.190. The van der Waals surface area contributed by atoms with Crippen molar-refractivity contribution in [3.05, 3.63) is 52.6 Å². The van der Waals surface area contributed by atoms with Gasteiger partial charge in [-0.05, 0) is 62.7 Å². The van der Waals surface area contributed by atoms with Crippen LogP contribution in [0, 0.1) is 12.3 Å². The molecule has 0 radical (unpaired) electrons. The molecule has 1 aromatic heterocycles. The Morgan fingerprint density at radius 1 is 1.26 bits per heavy atom. The molecule has 0 saturated carbocycles. The van der Waals surface area contributed by atoms with Crippen molar-refractivity contribution in [3.63, 3.8) is 0 Å². The number of aromatic hydroxyl groups is 1. The number of urea groups is 1. The van der Waals surface area contributed by atoms with Crippen molar-refractivity contribution in [2.75, 3.05) is 4.90 Å². The Labute approximate surface area is 184 Å². The van der Waals surface area contributed by atoms with Crippen LogP contribution in [0.1, 0.15) is 38.8 Å². The lowest BCUT2D eigenvalue weighted by Gasteiger charge is -2.27. The maximum absolute atomic E-state index is 13.2. The van der Waals surface area contributed by atoms with E-state index in [-0.39, 0.29) is 18.2 Å². The van der Waals surface area contributed by atoms with Gasteiger partial charge in [-0.3, -0.25) is 9.48 Å². The Kier molecular flexibility index (Phi) is 6.05. The van der Waals surface area contributed by atoms with Crippen LogP contribution in [0.25, 0.3) is 0 Å². The summed E-state index contributed by atoms with van der Waals surface area (Å²) in [5.41, 5.74) is 2.17. The Morgan fingerprint density at radius 2 is 1.94 bits per heavy atom. The molecule has 3 amide bonds. The van der Waals surface area contributed by atoms with Gasteiger partial charge < -0.3 is 15.4 Å². The molecule has 31 heavy (non-hydrogen) atoms. The van der Waals surface area contributed by atoms with Crippen LogP contribution >= 0.6 is 9.24 Å². The fourth-order valence-electron chi connectivity index (χ4n) is 3.58. The topological polar surface area (TPSA) is 103 Å². The van der Waals surface area contributed by atoms with Gasteiger partial charge in [-0.15, -0.1) is 9.24 Å². The molecule has 2 heterocycles. The number of phenolic OH excluding ortho intramolecular Hbond substituents is 1. The van der Waals surface area contributed by atoms with Crippen molar-refractivity contribution in [2.24, 2.45) is 0 Å². The van der Waals surface area contributed by atoms with E-state index in [2.05, 4.69) is 14.3 Å². The SMILES string of the molecule is CC(=N)/C(Cn1cc(N2C(=O)N(Cc3ccc(O)c(C)c3)C(C)(C)C2=O)cn1)=C(/C)P. The first-order valence-electron chi connectivity index (χ1n) is 9.91. The number of aryl methyl sites for hydroxylation is 1. The van der Waals surface area contributed by atoms with E-state index in [0.717, 1.165) is 21.4 Å². The average molecular weight is 441 g/mol. The zero-order chi connectivity index (χ0) is 23.1. The van der Waals surface area contributed by atoms with Gasteiger partial charge in [0.05, 0.1) is 18.4 Å². The van der Waals surface area contributed by atoms with Gasteiger partial charge in [-0.25, -0.2) is 9.69 Å². The highest BCUT2D eigenvalue weighted by Crippen LogP contribution is 2.33. The molecule has 0 spiro atoms. The summed E-state index contributed by atoms with van der Waals surface area (Å²) in [5.74, 6) is -0.135. The van der Waals surface area contributed by atoms with Crippen molar-refractivity contribution in [1.29, 1.82) is 5.41 Å². The van der Waals surface area contributed by atoms with Crippen LogP contribution in [-0.2, 0) is 17.9 Å². The smallest absolute Gasteiger partial charge is 0.332 e. The van der Waals surface area contributed by atoms with Gasteiger partial charge in [0.2, 0.25) is 0 Å². The second-order valence-electron chi connectivity index (χ2n) is 8.37. The number of nitrogens with one attached hydrogen (secondary N) is 1. The predicted octanol–water partition coefficient (Wildman–Crippen LogP) is 3.83. The number of carbonyl (C=O) groups excluding carboxylic acids is 2. The number of amides is 3. The number of aromatic nitrogens is 2. The Balaban J connectivity index is 1.88. The van der Waals surface area contributed by atoms with Gasteiger partial charge in [0.25, 0.3) is 5.91 Å². The minimum Gasteiger partial charge on any atom is -0.508 e. The average Bonchev–Trinajstić information content (AvgIpc) is 3.19. The standard InChI is InChI=1S/C22H28N5O3P/c1-13-8-16(6-7-19(13)28)10-26-21(30)27(20(29)22(26,4)5)17-9-24-25(11-17)12-18(14(2)23)15(3)31/h6-9,11,23,28H,10,12,31H2,1-5H3/b18-15-,23-14?. The molecule has 1 saturated heterocycles. The highest BCUT2D eigenvalue weighted by Gasteiger charge is 2.52. The molecule has 0 aliphatic carbocycles. The zero-order valence-corrected chi connectivity index (χ0v) is 19.6. The maximum Gasteiger partial charge on any atom is 0.332 e. The molecule has 164 valence electrons. The molecule has 1 unspecified atom stereocenters. The molecule has 1 aliphatic rings. The van der Waals surface area contributed by atoms with Gasteiger partial charge in [0.15, 0.2) is 0 Å². The number of imide groups is 1. The Morgan fingerprint density at radius 3 is 2.52 bits per heavy atom. The summed E-state index contributed by atoms with van der Waals surface area (Å²) in [4.78, 5) is 29.1. The third kappa shape index (κ3) is 4.26. The van der Waals surface area contributed by atoms with Crippen LogP contribution in [0.15, 0.2) is 41.5 Å². The lowest BCUT2D eigenvalue weighted by atomic mass is 10.0. The van der Waals surface area contributed by atoms with Crippen LogP contribution in [0.5, 0.6) is 5.75 Å². The van der Waals surface area contributed by atoms with Crippen LogP contribution in [0.4, 0.5) is 10.5 Å². The predicted molar refractivity (Wildman–Crippen MR) is 123 cm³/mol. The molecular weight excluding hydrogens is 413 g/mol. The molecule has 1 fully saturated rings. The first-order chi connectivity index (χ1) is 14.4. The number of nitrogens with zero attached hydrogens (tertiary/aromatic N) is 4. The first kappa shape index (κ1) is 22.7. The van der Waals surface area contributed by atoms with Crippen molar-refractivity contribution in [1.82, 2.24) is 14.7 Å².